The fourth-order valence-corrected chi connectivity index (χ4v) is 3.25. The van der Waals surface area contributed by atoms with Crippen molar-refractivity contribution in [2.24, 2.45) is 0 Å². The minimum absolute atomic E-state index is 1.10. The molecule has 0 saturated heterocycles. The number of nitrogens with one attached hydrogen (secondary N) is 1. The second-order valence-corrected chi connectivity index (χ2v) is 5.81. The Bertz CT molecular complexity index is 571. The van der Waals surface area contributed by atoms with Gasteiger partial charge in [-0.15, -0.1) is 0 Å². The van der Waals surface area contributed by atoms with Crippen molar-refractivity contribution >= 4 is 17.0 Å². The van der Waals surface area contributed by atoms with E-state index in [1.165, 1.54) is 55.5 Å². The van der Waals surface area contributed by atoms with Crippen LogP contribution in [0, 0.1) is 0 Å². The first-order valence-electron chi connectivity index (χ1n) is 8.16. The number of rotatable bonds is 6. The van der Waals surface area contributed by atoms with Crippen LogP contribution in [-0.2, 0) is 13.1 Å². The molecule has 1 aliphatic rings. The maximum Gasteiger partial charge on any atom is 0.358 e. The summed E-state index contributed by atoms with van der Waals surface area (Å²) < 4.78 is 4.94. The van der Waals surface area contributed by atoms with Gasteiger partial charge in [-0.1, -0.05) is 44.7 Å². The molecule has 1 aromatic heterocycles. The van der Waals surface area contributed by atoms with E-state index in [9.17, 15) is 0 Å². The van der Waals surface area contributed by atoms with Crippen molar-refractivity contribution in [3.8, 4) is 0 Å². The Labute approximate surface area is 121 Å². The topological polar surface area (TPSA) is 20.8 Å². The van der Waals surface area contributed by atoms with Gasteiger partial charge in [-0.2, -0.15) is 0 Å². The van der Waals surface area contributed by atoms with Crippen molar-refractivity contribution in [1.29, 1.82) is 0 Å². The Hall–Kier alpha value is -1.51. The van der Waals surface area contributed by atoms with Crippen LogP contribution in [0.3, 0.4) is 0 Å². The normalized spacial score (nSPS) is 14.2. The molecule has 3 heteroatoms. The molecule has 2 heterocycles. The van der Waals surface area contributed by atoms with Crippen LogP contribution < -0.4 is 9.88 Å². The maximum atomic E-state index is 3.60. The lowest BCUT2D eigenvalue weighted by Gasteiger charge is -2.11. The van der Waals surface area contributed by atoms with E-state index in [0.29, 0.717) is 0 Å². The first kappa shape index (κ1) is 13.5. The van der Waals surface area contributed by atoms with Gasteiger partial charge in [0.2, 0.25) is 0 Å². The first-order valence-corrected chi connectivity index (χ1v) is 8.16. The van der Waals surface area contributed by atoms with Gasteiger partial charge in [0.1, 0.15) is 11.0 Å². The summed E-state index contributed by atoms with van der Waals surface area (Å²) >= 11 is 0. The number of benzene rings is 1. The third kappa shape index (κ3) is 2.54. The minimum atomic E-state index is 1.10. The summed E-state index contributed by atoms with van der Waals surface area (Å²) in [5.74, 6) is 1.31. The van der Waals surface area contributed by atoms with E-state index in [4.69, 9.17) is 0 Å². The molecule has 20 heavy (non-hydrogen) atoms. The van der Waals surface area contributed by atoms with Crippen LogP contribution in [0.5, 0.6) is 0 Å². The van der Waals surface area contributed by atoms with E-state index < -0.39 is 0 Å². The number of imidazole rings is 1. The molecule has 0 amide bonds. The standard InChI is InChI=1S/C17H25N3/c1-2-3-4-5-8-13-19-15-10-6-7-11-16(15)20-14-9-12-18-17(19)20/h6-7,10-11H,2-5,8-9,12-14H2,1H3/p+1. The lowest BCUT2D eigenvalue weighted by molar-refractivity contribution is -0.661. The molecule has 108 valence electrons. The van der Waals surface area contributed by atoms with Crippen molar-refractivity contribution in [2.75, 3.05) is 11.9 Å². The van der Waals surface area contributed by atoms with Gasteiger partial charge in [0.15, 0.2) is 0 Å². The molecule has 0 aliphatic carbocycles. The minimum Gasteiger partial charge on any atom is -0.277 e. The number of anilines is 1. The second kappa shape index (κ2) is 6.29. The molecule has 1 aliphatic heterocycles. The quantitative estimate of drug-likeness (QED) is 0.628. The predicted octanol–water partition coefficient (Wildman–Crippen LogP) is 3.71. The Kier molecular flexibility index (Phi) is 4.24. The predicted molar refractivity (Wildman–Crippen MR) is 84.0 cm³/mol. The van der Waals surface area contributed by atoms with Gasteiger partial charge < -0.3 is 0 Å². The first-order chi connectivity index (χ1) is 9.92. The molecule has 0 radical (unpaired) electrons. The molecule has 1 N–H and O–H groups in total. The number of hydrogen-bond acceptors (Lipinski definition) is 1. The molecular formula is C17H26N3+. The Balaban J connectivity index is 1.82. The number of fused-ring (bicyclic) bond motifs is 3. The van der Waals surface area contributed by atoms with Crippen molar-refractivity contribution in [2.45, 2.75) is 58.5 Å². The molecular weight excluding hydrogens is 246 g/mol. The van der Waals surface area contributed by atoms with E-state index >= 15 is 0 Å². The van der Waals surface area contributed by atoms with E-state index in [-0.39, 0.29) is 0 Å². The van der Waals surface area contributed by atoms with Gasteiger partial charge in [-0.3, -0.25) is 5.32 Å². The van der Waals surface area contributed by atoms with Crippen LogP contribution in [0.25, 0.3) is 11.0 Å². The van der Waals surface area contributed by atoms with E-state index in [0.717, 1.165) is 19.6 Å². The third-order valence-electron chi connectivity index (χ3n) is 4.30. The van der Waals surface area contributed by atoms with Gasteiger partial charge in [0, 0.05) is 6.42 Å². The summed E-state index contributed by atoms with van der Waals surface area (Å²) in [5, 5.41) is 3.60. The van der Waals surface area contributed by atoms with Crippen LogP contribution in [0.1, 0.15) is 45.4 Å². The highest BCUT2D eigenvalue weighted by Gasteiger charge is 2.25. The van der Waals surface area contributed by atoms with Gasteiger partial charge in [0.05, 0.1) is 19.6 Å². The lowest BCUT2D eigenvalue weighted by atomic mass is 10.1. The SMILES string of the molecule is CCCCCCCn1c2[n+](c3ccccc31)CCCN2. The summed E-state index contributed by atoms with van der Waals surface area (Å²) in [7, 11) is 0. The van der Waals surface area contributed by atoms with Gasteiger partial charge in [-0.05, 0) is 18.6 Å². The zero-order valence-electron chi connectivity index (χ0n) is 12.6. The fraction of sp³-hybridized carbons (Fsp3) is 0.588. The number of nitrogens with zero attached hydrogens (tertiary/aromatic N) is 2. The van der Waals surface area contributed by atoms with Crippen LogP contribution in [0.15, 0.2) is 24.3 Å². The van der Waals surface area contributed by atoms with Gasteiger partial charge >= 0.3 is 5.95 Å². The highest BCUT2D eigenvalue weighted by molar-refractivity contribution is 5.74. The van der Waals surface area contributed by atoms with E-state index in [1.807, 2.05) is 0 Å². The maximum absolute atomic E-state index is 3.60. The van der Waals surface area contributed by atoms with Crippen molar-refractivity contribution in [3.63, 3.8) is 0 Å². The summed E-state index contributed by atoms with van der Waals surface area (Å²) in [6, 6.07) is 8.81. The largest absolute Gasteiger partial charge is 0.358 e. The monoisotopic (exact) mass is 272 g/mol. The Morgan fingerprint density at radius 2 is 2.00 bits per heavy atom. The van der Waals surface area contributed by atoms with Gasteiger partial charge in [-0.25, -0.2) is 9.13 Å². The third-order valence-corrected chi connectivity index (χ3v) is 4.30. The molecule has 3 nitrogen and oxygen atoms in total. The average molecular weight is 272 g/mol. The Morgan fingerprint density at radius 1 is 1.15 bits per heavy atom. The number of para-hydroxylation sites is 2. The van der Waals surface area contributed by atoms with E-state index in [1.54, 1.807) is 0 Å². The van der Waals surface area contributed by atoms with Crippen molar-refractivity contribution in [3.05, 3.63) is 24.3 Å². The second-order valence-electron chi connectivity index (χ2n) is 5.81. The molecule has 0 spiro atoms. The molecule has 2 aromatic rings. The average Bonchev–Trinajstić information content (AvgIpc) is 2.82. The smallest absolute Gasteiger partial charge is 0.277 e. The summed E-state index contributed by atoms with van der Waals surface area (Å²) in [6.45, 7) is 5.66. The fourth-order valence-electron chi connectivity index (χ4n) is 3.25. The van der Waals surface area contributed by atoms with Crippen LogP contribution in [-0.4, -0.2) is 11.1 Å². The van der Waals surface area contributed by atoms with E-state index in [2.05, 4.69) is 45.6 Å². The zero-order chi connectivity index (χ0) is 13.8. The molecule has 0 fully saturated rings. The van der Waals surface area contributed by atoms with Gasteiger partial charge in [0.25, 0.3) is 0 Å². The highest BCUT2D eigenvalue weighted by atomic mass is 15.3. The van der Waals surface area contributed by atoms with Crippen LogP contribution >= 0.6 is 0 Å². The summed E-state index contributed by atoms with van der Waals surface area (Å²) in [5.41, 5.74) is 2.76. The zero-order valence-corrected chi connectivity index (χ0v) is 12.6. The number of hydrogen-bond donors (Lipinski definition) is 1. The number of aromatic nitrogens is 2. The van der Waals surface area contributed by atoms with Crippen LogP contribution in [0.2, 0.25) is 0 Å². The van der Waals surface area contributed by atoms with Crippen molar-refractivity contribution < 1.29 is 4.57 Å². The molecule has 0 atom stereocenters. The number of unbranched alkanes of at least 4 members (excludes halogenated alkanes) is 4. The lowest BCUT2D eigenvalue weighted by Crippen LogP contribution is -2.41. The van der Waals surface area contributed by atoms with Crippen molar-refractivity contribution in [1.82, 2.24) is 4.57 Å². The summed E-state index contributed by atoms with van der Waals surface area (Å²) in [6.07, 6.45) is 7.92. The molecule has 0 saturated carbocycles. The van der Waals surface area contributed by atoms with Crippen LogP contribution in [0.4, 0.5) is 5.95 Å². The molecule has 3 rings (SSSR count). The summed E-state index contributed by atoms with van der Waals surface area (Å²) in [4.78, 5) is 0. The Morgan fingerprint density at radius 3 is 2.90 bits per heavy atom. The highest BCUT2D eigenvalue weighted by Crippen LogP contribution is 2.21. The molecule has 1 aromatic carbocycles. The molecule has 0 bridgehead atoms. The molecule has 0 unspecified atom stereocenters. The number of aryl methyl sites for hydroxylation is 2.